The van der Waals surface area contributed by atoms with Crippen LogP contribution < -0.4 is 15.4 Å². The average molecular weight is 288 g/mol. The van der Waals surface area contributed by atoms with Gasteiger partial charge in [-0.15, -0.1) is 0 Å². The number of halogens is 1. The van der Waals surface area contributed by atoms with E-state index in [1.807, 2.05) is 43.1 Å². The number of hydrogen-bond acceptors (Lipinski definition) is 3. The zero-order chi connectivity index (χ0) is 15.2. The van der Waals surface area contributed by atoms with Crippen molar-refractivity contribution >= 4 is 11.4 Å². The van der Waals surface area contributed by atoms with E-state index in [9.17, 15) is 4.39 Å². The van der Waals surface area contributed by atoms with Gasteiger partial charge in [-0.25, -0.2) is 4.39 Å². The van der Waals surface area contributed by atoms with Crippen LogP contribution in [-0.4, -0.2) is 13.7 Å². The minimum absolute atomic E-state index is 0.192. The van der Waals surface area contributed by atoms with Gasteiger partial charge in [-0.2, -0.15) is 0 Å². The van der Waals surface area contributed by atoms with E-state index in [-0.39, 0.29) is 5.82 Å². The van der Waals surface area contributed by atoms with Crippen molar-refractivity contribution in [3.63, 3.8) is 0 Å². The zero-order valence-corrected chi connectivity index (χ0v) is 12.5. The van der Waals surface area contributed by atoms with Crippen molar-refractivity contribution in [3.05, 3.63) is 53.8 Å². The molecule has 0 aliphatic carbocycles. The summed E-state index contributed by atoms with van der Waals surface area (Å²) in [7, 11) is 1.92. The van der Waals surface area contributed by atoms with Crippen LogP contribution in [0.1, 0.15) is 18.9 Å². The third-order valence-electron chi connectivity index (χ3n) is 3.26. The van der Waals surface area contributed by atoms with Crippen molar-refractivity contribution in [2.75, 3.05) is 24.3 Å². The molecule has 0 bridgehead atoms. The molecule has 0 saturated heterocycles. The molecule has 112 valence electrons. The van der Waals surface area contributed by atoms with Crippen LogP contribution in [0.5, 0.6) is 5.75 Å². The van der Waals surface area contributed by atoms with Gasteiger partial charge in [0.05, 0.1) is 12.3 Å². The van der Waals surface area contributed by atoms with Crippen LogP contribution >= 0.6 is 0 Å². The maximum atomic E-state index is 13.7. The third-order valence-corrected chi connectivity index (χ3v) is 3.26. The number of nitrogens with two attached hydrogens (primary N) is 1. The number of rotatable bonds is 6. The summed E-state index contributed by atoms with van der Waals surface area (Å²) in [5, 5.41) is 0. The smallest absolute Gasteiger partial charge is 0.144 e. The Morgan fingerprint density at radius 2 is 1.95 bits per heavy atom. The summed E-state index contributed by atoms with van der Waals surface area (Å²) in [6.07, 6.45) is 0.925. The van der Waals surface area contributed by atoms with E-state index in [1.54, 1.807) is 12.1 Å². The van der Waals surface area contributed by atoms with Crippen molar-refractivity contribution in [1.29, 1.82) is 0 Å². The van der Waals surface area contributed by atoms with Gasteiger partial charge >= 0.3 is 0 Å². The minimum Gasteiger partial charge on any atom is -0.491 e. The van der Waals surface area contributed by atoms with E-state index >= 15 is 0 Å². The largest absolute Gasteiger partial charge is 0.491 e. The first-order valence-electron chi connectivity index (χ1n) is 7.08. The Hall–Kier alpha value is -2.23. The van der Waals surface area contributed by atoms with Crippen LogP contribution in [0.15, 0.2) is 42.5 Å². The lowest BCUT2D eigenvalue weighted by Gasteiger charge is -2.21. The summed E-state index contributed by atoms with van der Waals surface area (Å²) in [4.78, 5) is 1.97. The molecule has 3 nitrogen and oxygen atoms in total. The highest BCUT2D eigenvalue weighted by atomic mass is 19.1. The fourth-order valence-electron chi connectivity index (χ4n) is 2.07. The molecule has 0 saturated carbocycles. The Bertz CT molecular complexity index is 601. The first kappa shape index (κ1) is 15.2. The molecule has 0 fully saturated rings. The third kappa shape index (κ3) is 3.88. The molecular formula is C17H21FN2O. The molecule has 2 N–H and O–H groups in total. The van der Waals surface area contributed by atoms with Crippen molar-refractivity contribution < 1.29 is 9.13 Å². The number of hydrogen-bond donors (Lipinski definition) is 1. The number of nitrogen functional groups attached to an aromatic ring is 1. The molecule has 21 heavy (non-hydrogen) atoms. The molecule has 0 aliphatic heterocycles. The first-order valence-corrected chi connectivity index (χ1v) is 7.08. The van der Waals surface area contributed by atoms with E-state index in [0.29, 0.717) is 30.2 Å². The highest BCUT2D eigenvalue weighted by molar-refractivity contribution is 5.62. The Balaban J connectivity index is 2.15. The van der Waals surface area contributed by atoms with E-state index < -0.39 is 0 Å². The molecule has 0 amide bonds. The zero-order valence-electron chi connectivity index (χ0n) is 12.5. The molecule has 2 aromatic rings. The van der Waals surface area contributed by atoms with Gasteiger partial charge in [0, 0.05) is 30.9 Å². The van der Waals surface area contributed by atoms with Crippen molar-refractivity contribution in [2.45, 2.75) is 19.9 Å². The molecule has 2 aromatic carbocycles. The van der Waals surface area contributed by atoms with E-state index in [0.717, 1.165) is 12.1 Å². The van der Waals surface area contributed by atoms with Crippen molar-refractivity contribution in [2.24, 2.45) is 0 Å². The van der Waals surface area contributed by atoms with Crippen LogP contribution in [0.4, 0.5) is 15.8 Å². The van der Waals surface area contributed by atoms with Gasteiger partial charge in [-0.05, 0) is 24.6 Å². The summed E-state index contributed by atoms with van der Waals surface area (Å²) < 4.78 is 19.3. The average Bonchev–Trinajstić information content (AvgIpc) is 2.48. The molecule has 4 heteroatoms. The highest BCUT2D eigenvalue weighted by Crippen LogP contribution is 2.28. The van der Waals surface area contributed by atoms with Crippen LogP contribution in [0.2, 0.25) is 0 Å². The van der Waals surface area contributed by atoms with Crippen LogP contribution in [0, 0.1) is 5.82 Å². The standard InChI is InChI=1S/C17H21FN2O/c1-3-10-21-17-11-14(8-9-16(17)19)20(2)12-13-6-4-5-7-15(13)18/h4-9,11H,3,10,12,19H2,1-2H3. The van der Waals surface area contributed by atoms with E-state index in [1.165, 1.54) is 6.07 Å². The number of ether oxygens (including phenoxy) is 1. The second-order valence-corrected chi connectivity index (χ2v) is 5.02. The summed E-state index contributed by atoms with van der Waals surface area (Å²) in [6, 6.07) is 12.4. The van der Waals surface area contributed by atoms with Gasteiger partial charge in [0.2, 0.25) is 0 Å². The number of nitrogens with zero attached hydrogens (tertiary/aromatic N) is 1. The Morgan fingerprint density at radius 3 is 2.67 bits per heavy atom. The van der Waals surface area contributed by atoms with E-state index in [2.05, 4.69) is 0 Å². The molecule has 2 rings (SSSR count). The molecule has 0 aromatic heterocycles. The molecule has 0 aliphatic rings. The normalized spacial score (nSPS) is 10.4. The second-order valence-electron chi connectivity index (χ2n) is 5.02. The molecule has 0 spiro atoms. The first-order chi connectivity index (χ1) is 10.1. The van der Waals surface area contributed by atoms with E-state index in [4.69, 9.17) is 10.5 Å². The predicted octanol–water partition coefficient (Wildman–Crippen LogP) is 3.83. The number of benzene rings is 2. The second kappa shape index (κ2) is 6.97. The van der Waals surface area contributed by atoms with Crippen LogP contribution in [0.3, 0.4) is 0 Å². The Kier molecular flexibility index (Phi) is 5.04. The lowest BCUT2D eigenvalue weighted by Crippen LogP contribution is -2.17. The van der Waals surface area contributed by atoms with Gasteiger partial charge in [-0.3, -0.25) is 0 Å². The lowest BCUT2D eigenvalue weighted by molar-refractivity contribution is 0.319. The van der Waals surface area contributed by atoms with Crippen molar-refractivity contribution in [1.82, 2.24) is 0 Å². The quantitative estimate of drug-likeness (QED) is 0.821. The Morgan fingerprint density at radius 1 is 1.19 bits per heavy atom. The minimum atomic E-state index is -0.192. The fraction of sp³-hybridized carbons (Fsp3) is 0.294. The van der Waals surface area contributed by atoms with Gasteiger partial charge in [0.25, 0.3) is 0 Å². The van der Waals surface area contributed by atoms with Gasteiger partial charge < -0.3 is 15.4 Å². The summed E-state index contributed by atoms with van der Waals surface area (Å²) in [6.45, 7) is 3.17. The van der Waals surface area contributed by atoms with Gasteiger partial charge in [0.15, 0.2) is 0 Å². The lowest BCUT2D eigenvalue weighted by atomic mass is 10.2. The molecule has 0 atom stereocenters. The Labute approximate surface area is 125 Å². The van der Waals surface area contributed by atoms with Gasteiger partial charge in [0.1, 0.15) is 11.6 Å². The number of anilines is 2. The monoisotopic (exact) mass is 288 g/mol. The SMILES string of the molecule is CCCOc1cc(N(C)Cc2ccccc2F)ccc1N. The maximum Gasteiger partial charge on any atom is 0.144 e. The van der Waals surface area contributed by atoms with Gasteiger partial charge in [-0.1, -0.05) is 25.1 Å². The highest BCUT2D eigenvalue weighted by Gasteiger charge is 2.09. The summed E-state index contributed by atoms with van der Waals surface area (Å²) in [5.41, 5.74) is 8.12. The topological polar surface area (TPSA) is 38.5 Å². The van der Waals surface area contributed by atoms with Crippen LogP contribution in [0.25, 0.3) is 0 Å². The molecule has 0 heterocycles. The fourth-order valence-corrected chi connectivity index (χ4v) is 2.07. The van der Waals surface area contributed by atoms with Crippen molar-refractivity contribution in [3.8, 4) is 5.75 Å². The van der Waals surface area contributed by atoms with Crippen LogP contribution in [-0.2, 0) is 6.54 Å². The summed E-state index contributed by atoms with van der Waals surface area (Å²) >= 11 is 0. The molecule has 0 radical (unpaired) electrons. The predicted molar refractivity (Wildman–Crippen MR) is 85.1 cm³/mol. The summed E-state index contributed by atoms with van der Waals surface area (Å²) in [5.74, 6) is 0.483. The molecule has 0 unspecified atom stereocenters. The maximum absolute atomic E-state index is 13.7. The molecular weight excluding hydrogens is 267 g/mol.